The molecule has 23 heavy (non-hydrogen) atoms. The number of carbonyl (C=O) groups excluding carboxylic acids is 1. The minimum atomic E-state index is -0.394. The molecule has 0 unspecified atom stereocenters. The molecule has 0 heterocycles. The molecule has 0 spiro atoms. The van der Waals surface area contributed by atoms with E-state index in [1.54, 1.807) is 6.92 Å². The van der Waals surface area contributed by atoms with Gasteiger partial charge in [-0.25, -0.2) is 4.79 Å². The fourth-order valence-corrected chi connectivity index (χ4v) is 2.55. The maximum atomic E-state index is 11.5. The fraction of sp³-hybridized carbons (Fsp3) is 0.263. The van der Waals surface area contributed by atoms with E-state index in [1.165, 1.54) is 11.1 Å². The molecule has 0 bridgehead atoms. The monoisotopic (exact) mass is 310 g/mol. The van der Waals surface area contributed by atoms with Crippen LogP contribution in [0, 0.1) is 5.92 Å². The van der Waals surface area contributed by atoms with Crippen LogP contribution in [0.4, 0.5) is 0 Å². The van der Waals surface area contributed by atoms with Crippen LogP contribution < -0.4 is 5.73 Å². The second kappa shape index (κ2) is 8.25. The van der Waals surface area contributed by atoms with E-state index in [1.807, 2.05) is 18.2 Å². The van der Waals surface area contributed by atoms with Crippen molar-refractivity contribution in [3.05, 3.63) is 60.2 Å². The van der Waals surface area contributed by atoms with Gasteiger partial charge in [0.1, 0.15) is 0 Å². The fourth-order valence-electron chi connectivity index (χ4n) is 2.55. The Labute approximate surface area is 137 Å². The SMILES string of the molecule is C=NOC(=O)[C@H](C)C[C@H](N)Cc1ccc(-c2ccccc2)cc1. The number of nitrogens with zero attached hydrogens (tertiary/aromatic N) is 1. The van der Waals surface area contributed by atoms with E-state index in [-0.39, 0.29) is 12.0 Å². The lowest BCUT2D eigenvalue weighted by molar-refractivity contribution is -0.148. The standard InChI is InChI=1S/C19H22N2O2/c1-14(19(22)23-21-2)12-18(20)13-15-8-10-17(11-9-15)16-6-4-3-5-7-16/h3-11,14,18H,2,12-13,20H2,1H3/t14-,18+/m1/s1. The van der Waals surface area contributed by atoms with Crippen molar-refractivity contribution in [2.75, 3.05) is 0 Å². The van der Waals surface area contributed by atoms with Gasteiger partial charge in [0, 0.05) is 12.8 Å². The molecule has 4 nitrogen and oxygen atoms in total. The number of oxime groups is 1. The van der Waals surface area contributed by atoms with E-state index in [9.17, 15) is 4.79 Å². The lowest BCUT2D eigenvalue weighted by Gasteiger charge is -2.15. The van der Waals surface area contributed by atoms with E-state index in [0.29, 0.717) is 12.8 Å². The zero-order chi connectivity index (χ0) is 16.7. The number of hydrogen-bond donors (Lipinski definition) is 1. The van der Waals surface area contributed by atoms with E-state index >= 15 is 0 Å². The van der Waals surface area contributed by atoms with Crippen molar-refractivity contribution in [1.82, 2.24) is 0 Å². The van der Waals surface area contributed by atoms with Crippen LogP contribution in [0.2, 0.25) is 0 Å². The van der Waals surface area contributed by atoms with Crippen LogP contribution in [-0.2, 0) is 16.1 Å². The Morgan fingerprint density at radius 2 is 1.74 bits per heavy atom. The molecule has 2 N–H and O–H groups in total. The number of nitrogens with two attached hydrogens (primary N) is 1. The summed E-state index contributed by atoms with van der Waals surface area (Å²) in [4.78, 5) is 16.1. The molecule has 2 atom stereocenters. The highest BCUT2D eigenvalue weighted by atomic mass is 16.7. The third-order valence-corrected chi connectivity index (χ3v) is 3.77. The van der Waals surface area contributed by atoms with Crippen molar-refractivity contribution in [2.24, 2.45) is 16.8 Å². The van der Waals surface area contributed by atoms with Crippen LogP contribution in [0.3, 0.4) is 0 Å². The van der Waals surface area contributed by atoms with Crippen molar-refractivity contribution in [1.29, 1.82) is 0 Å². The first-order valence-corrected chi connectivity index (χ1v) is 7.67. The zero-order valence-corrected chi connectivity index (χ0v) is 13.3. The lowest BCUT2D eigenvalue weighted by Crippen LogP contribution is -2.28. The Hall–Kier alpha value is -2.46. The van der Waals surface area contributed by atoms with Gasteiger partial charge in [-0.05, 0) is 29.5 Å². The van der Waals surface area contributed by atoms with Gasteiger partial charge in [-0.15, -0.1) is 0 Å². The van der Waals surface area contributed by atoms with E-state index < -0.39 is 5.97 Å². The number of rotatable bonds is 7. The molecular weight excluding hydrogens is 288 g/mol. The molecular formula is C19H22N2O2. The van der Waals surface area contributed by atoms with Crippen LogP contribution >= 0.6 is 0 Å². The van der Waals surface area contributed by atoms with Crippen LogP contribution in [0.25, 0.3) is 11.1 Å². The Kier molecular flexibility index (Phi) is 6.06. The first-order chi connectivity index (χ1) is 11.1. The summed E-state index contributed by atoms with van der Waals surface area (Å²) in [5.41, 5.74) is 9.66. The van der Waals surface area contributed by atoms with Crippen molar-refractivity contribution in [3.8, 4) is 11.1 Å². The smallest absolute Gasteiger partial charge is 0.327 e. The largest absolute Gasteiger partial charge is 0.337 e. The second-order valence-corrected chi connectivity index (χ2v) is 5.70. The highest BCUT2D eigenvalue weighted by Gasteiger charge is 2.18. The normalized spacial score (nSPS) is 13.1. The molecule has 4 heteroatoms. The molecule has 2 aromatic carbocycles. The molecule has 0 aliphatic carbocycles. The summed E-state index contributed by atoms with van der Waals surface area (Å²) in [6, 6.07) is 18.5. The van der Waals surface area contributed by atoms with Crippen LogP contribution in [0.1, 0.15) is 18.9 Å². The van der Waals surface area contributed by atoms with Gasteiger partial charge in [-0.3, -0.25) is 0 Å². The minimum Gasteiger partial charge on any atom is -0.327 e. The number of hydrogen-bond acceptors (Lipinski definition) is 4. The molecule has 2 aromatic rings. The summed E-state index contributed by atoms with van der Waals surface area (Å²) in [5, 5.41) is 3.15. The molecule has 0 saturated carbocycles. The average molecular weight is 310 g/mol. The highest BCUT2D eigenvalue weighted by molar-refractivity contribution is 5.72. The predicted molar refractivity (Wildman–Crippen MR) is 93.0 cm³/mol. The van der Waals surface area contributed by atoms with Gasteiger partial charge >= 0.3 is 5.97 Å². The molecule has 0 aromatic heterocycles. The van der Waals surface area contributed by atoms with Crippen LogP contribution in [0.15, 0.2) is 59.8 Å². The quantitative estimate of drug-likeness (QED) is 0.484. The molecule has 0 aliphatic heterocycles. The summed E-state index contributed by atoms with van der Waals surface area (Å²) >= 11 is 0. The highest BCUT2D eigenvalue weighted by Crippen LogP contribution is 2.20. The lowest BCUT2D eigenvalue weighted by atomic mass is 9.95. The second-order valence-electron chi connectivity index (χ2n) is 5.70. The summed E-state index contributed by atoms with van der Waals surface area (Å²) < 4.78 is 0. The van der Waals surface area contributed by atoms with Gasteiger partial charge in [-0.2, -0.15) is 0 Å². The molecule has 0 saturated heterocycles. The van der Waals surface area contributed by atoms with Crippen molar-refractivity contribution >= 4 is 12.7 Å². The Morgan fingerprint density at radius 1 is 1.13 bits per heavy atom. The number of carbonyl (C=O) groups is 1. The van der Waals surface area contributed by atoms with Gasteiger partial charge in [-0.1, -0.05) is 66.7 Å². The number of benzene rings is 2. The maximum absolute atomic E-state index is 11.5. The summed E-state index contributed by atoms with van der Waals surface area (Å²) in [6.07, 6.45) is 1.27. The van der Waals surface area contributed by atoms with Gasteiger partial charge < -0.3 is 10.6 Å². The Bertz CT molecular complexity index is 638. The van der Waals surface area contributed by atoms with E-state index in [4.69, 9.17) is 5.73 Å². The molecule has 0 fully saturated rings. The summed E-state index contributed by atoms with van der Waals surface area (Å²) in [6.45, 7) is 4.92. The van der Waals surface area contributed by atoms with Crippen LogP contribution in [0.5, 0.6) is 0 Å². The molecule has 0 aliphatic rings. The molecule has 0 radical (unpaired) electrons. The Morgan fingerprint density at radius 3 is 2.35 bits per heavy atom. The van der Waals surface area contributed by atoms with E-state index in [2.05, 4.69) is 53.1 Å². The molecule has 2 rings (SSSR count). The first-order valence-electron chi connectivity index (χ1n) is 7.67. The molecule has 120 valence electrons. The molecule has 0 amide bonds. The van der Waals surface area contributed by atoms with Gasteiger partial charge in [0.05, 0.1) is 5.92 Å². The van der Waals surface area contributed by atoms with Crippen molar-refractivity contribution in [3.63, 3.8) is 0 Å². The maximum Gasteiger partial charge on any atom is 0.337 e. The van der Waals surface area contributed by atoms with Crippen LogP contribution in [-0.4, -0.2) is 18.7 Å². The first kappa shape index (κ1) is 16.9. The predicted octanol–water partition coefficient (Wildman–Crippen LogP) is 3.41. The third-order valence-electron chi connectivity index (χ3n) is 3.77. The minimum absolute atomic E-state index is 0.107. The van der Waals surface area contributed by atoms with Crippen molar-refractivity contribution in [2.45, 2.75) is 25.8 Å². The topological polar surface area (TPSA) is 64.7 Å². The average Bonchev–Trinajstić information content (AvgIpc) is 2.56. The summed E-state index contributed by atoms with van der Waals surface area (Å²) in [5.74, 6) is -0.686. The van der Waals surface area contributed by atoms with Gasteiger partial charge in [0.15, 0.2) is 0 Å². The van der Waals surface area contributed by atoms with Crippen molar-refractivity contribution < 1.29 is 9.63 Å². The third kappa shape index (κ3) is 5.04. The van der Waals surface area contributed by atoms with E-state index in [0.717, 1.165) is 5.56 Å². The summed E-state index contributed by atoms with van der Waals surface area (Å²) in [7, 11) is 0. The zero-order valence-electron chi connectivity index (χ0n) is 13.3. The van der Waals surface area contributed by atoms with Gasteiger partial charge in [0.25, 0.3) is 0 Å². The Balaban J connectivity index is 1.93. The van der Waals surface area contributed by atoms with Gasteiger partial charge in [0.2, 0.25) is 0 Å².